The lowest BCUT2D eigenvalue weighted by molar-refractivity contribution is -0.0461. The van der Waals surface area contributed by atoms with Crippen molar-refractivity contribution < 1.29 is 19.4 Å². The van der Waals surface area contributed by atoms with Crippen LogP contribution >= 0.6 is 0 Å². The maximum atomic E-state index is 12.5. The van der Waals surface area contributed by atoms with E-state index in [4.69, 9.17) is 9.47 Å². The first-order valence-electron chi connectivity index (χ1n) is 9.11. The molecule has 3 heterocycles. The van der Waals surface area contributed by atoms with Gasteiger partial charge in [-0.15, -0.1) is 0 Å². The molecule has 0 unspecified atom stereocenters. The number of carbonyl (C=O) groups excluding carboxylic acids is 1. The number of fused-ring (bicyclic) bond motifs is 2. The van der Waals surface area contributed by atoms with E-state index in [1.54, 1.807) is 6.07 Å². The molecule has 1 aromatic carbocycles. The van der Waals surface area contributed by atoms with Gasteiger partial charge in [-0.25, -0.2) is 0 Å². The first kappa shape index (κ1) is 16.7. The maximum Gasteiger partial charge on any atom is 0.255 e. The Hall–Kier alpha value is -1.79. The highest BCUT2D eigenvalue weighted by Gasteiger charge is 2.35. The molecule has 0 radical (unpaired) electrons. The molecule has 25 heavy (non-hydrogen) atoms. The molecule has 0 spiro atoms. The van der Waals surface area contributed by atoms with E-state index in [1.165, 1.54) is 12.8 Å². The van der Waals surface area contributed by atoms with E-state index >= 15 is 0 Å². The second-order valence-electron chi connectivity index (χ2n) is 7.94. The van der Waals surface area contributed by atoms with Crippen LogP contribution in [0.4, 0.5) is 0 Å². The lowest BCUT2D eigenvalue weighted by Gasteiger charge is -2.35. The molecule has 0 aromatic heterocycles. The fourth-order valence-electron chi connectivity index (χ4n) is 4.13. The van der Waals surface area contributed by atoms with Crippen molar-refractivity contribution in [1.82, 2.24) is 10.2 Å². The minimum absolute atomic E-state index is 0.00468. The minimum Gasteiger partial charge on any atom is -0.504 e. The second kappa shape index (κ2) is 6.18. The number of hydrogen-bond acceptors (Lipinski definition) is 5. The van der Waals surface area contributed by atoms with Crippen LogP contribution in [0.2, 0.25) is 0 Å². The van der Waals surface area contributed by atoms with Crippen LogP contribution in [0.15, 0.2) is 12.1 Å². The molecule has 136 valence electrons. The van der Waals surface area contributed by atoms with E-state index in [2.05, 4.69) is 10.2 Å². The molecule has 0 saturated carbocycles. The summed E-state index contributed by atoms with van der Waals surface area (Å²) in [6, 6.07) is 4.09. The van der Waals surface area contributed by atoms with Crippen LogP contribution in [0.5, 0.6) is 11.5 Å². The van der Waals surface area contributed by atoms with Crippen molar-refractivity contribution in [3.8, 4) is 11.5 Å². The Balaban J connectivity index is 1.39. The average molecular weight is 346 g/mol. The molecule has 1 amide bonds. The van der Waals surface area contributed by atoms with Crippen molar-refractivity contribution in [2.75, 3.05) is 26.2 Å². The average Bonchev–Trinajstić information content (AvgIpc) is 3.15. The fourth-order valence-corrected chi connectivity index (χ4v) is 4.13. The molecule has 6 nitrogen and oxygen atoms in total. The van der Waals surface area contributed by atoms with Crippen LogP contribution < -0.4 is 10.1 Å². The Bertz CT molecular complexity index is 688. The summed E-state index contributed by atoms with van der Waals surface area (Å²) in [6.07, 6.45) is 3.17. The molecular weight excluding hydrogens is 320 g/mol. The van der Waals surface area contributed by atoms with Crippen molar-refractivity contribution >= 4 is 5.91 Å². The van der Waals surface area contributed by atoms with Crippen molar-refractivity contribution in [2.45, 2.75) is 50.9 Å². The summed E-state index contributed by atoms with van der Waals surface area (Å²) in [5, 5.41) is 13.3. The highest BCUT2D eigenvalue weighted by atomic mass is 16.5. The normalized spacial score (nSPS) is 27.4. The quantitative estimate of drug-likeness (QED) is 0.872. The molecule has 3 aliphatic heterocycles. The summed E-state index contributed by atoms with van der Waals surface area (Å²) in [5.41, 5.74) is 0.845. The topological polar surface area (TPSA) is 71.0 Å². The fraction of sp³-hybridized carbons (Fsp3) is 0.632. The SMILES string of the molecule is CC1(C)Cc2ccc(C(=O)NC[C@@H]3CN4CCC[C@@H]4CO3)c(O)c2O1. The largest absolute Gasteiger partial charge is 0.504 e. The van der Waals surface area contributed by atoms with Crippen molar-refractivity contribution in [3.05, 3.63) is 23.3 Å². The van der Waals surface area contributed by atoms with Gasteiger partial charge in [0.2, 0.25) is 0 Å². The standard InChI is InChI=1S/C19H26N2O4/c1-19(2)8-12-5-6-15(16(22)17(12)25-19)18(23)20-9-14-10-21-7-3-4-13(21)11-24-14/h5-6,13-14,22H,3-4,7-11H2,1-2H3,(H,20,23)/t13-,14-/m1/s1. The molecule has 2 fully saturated rings. The van der Waals surface area contributed by atoms with Crippen LogP contribution in [0.3, 0.4) is 0 Å². The molecule has 2 N–H and O–H groups in total. The minimum atomic E-state index is -0.350. The number of nitrogens with zero attached hydrogens (tertiary/aromatic N) is 1. The van der Waals surface area contributed by atoms with Gasteiger partial charge in [0, 0.05) is 31.1 Å². The monoisotopic (exact) mass is 346 g/mol. The van der Waals surface area contributed by atoms with Crippen LogP contribution in [-0.4, -0.2) is 59.9 Å². The van der Waals surface area contributed by atoms with Gasteiger partial charge in [0.05, 0.1) is 18.3 Å². The van der Waals surface area contributed by atoms with E-state index in [0.717, 1.165) is 31.7 Å². The summed E-state index contributed by atoms with van der Waals surface area (Å²) in [4.78, 5) is 14.9. The first-order chi connectivity index (χ1) is 11.9. The number of phenolic OH excluding ortho intramolecular Hbond substituents is 1. The predicted octanol–water partition coefficient (Wildman–Crippen LogP) is 1.70. The third-order valence-corrected chi connectivity index (χ3v) is 5.40. The number of benzene rings is 1. The van der Waals surface area contributed by atoms with Gasteiger partial charge in [-0.05, 0) is 39.3 Å². The molecular formula is C19H26N2O4. The molecule has 0 aliphatic carbocycles. The third-order valence-electron chi connectivity index (χ3n) is 5.40. The summed E-state index contributed by atoms with van der Waals surface area (Å²) in [6.45, 7) is 7.12. The van der Waals surface area contributed by atoms with Crippen molar-refractivity contribution in [2.24, 2.45) is 0 Å². The number of hydrogen-bond donors (Lipinski definition) is 2. The van der Waals surface area contributed by atoms with E-state index in [-0.39, 0.29) is 28.9 Å². The molecule has 1 aromatic rings. The van der Waals surface area contributed by atoms with Crippen molar-refractivity contribution in [3.63, 3.8) is 0 Å². The predicted molar refractivity (Wildman–Crippen MR) is 93.2 cm³/mol. The number of morpholine rings is 1. The zero-order chi connectivity index (χ0) is 17.6. The van der Waals surface area contributed by atoms with Crippen LogP contribution in [-0.2, 0) is 11.2 Å². The Labute approximate surface area is 148 Å². The molecule has 2 atom stereocenters. The zero-order valence-electron chi connectivity index (χ0n) is 14.9. The molecule has 0 bridgehead atoms. The smallest absolute Gasteiger partial charge is 0.255 e. The molecule has 6 heteroatoms. The Kier molecular flexibility index (Phi) is 4.12. The van der Waals surface area contributed by atoms with Crippen molar-refractivity contribution in [1.29, 1.82) is 0 Å². The van der Waals surface area contributed by atoms with Gasteiger partial charge in [0.25, 0.3) is 5.91 Å². The molecule has 3 aliphatic rings. The summed E-state index contributed by atoms with van der Waals surface area (Å²) >= 11 is 0. The first-order valence-corrected chi connectivity index (χ1v) is 9.11. The lowest BCUT2D eigenvalue weighted by atomic mass is 10.0. The highest BCUT2D eigenvalue weighted by Crippen LogP contribution is 2.43. The third kappa shape index (κ3) is 3.20. The number of ether oxygens (including phenoxy) is 2. The molecule has 2 saturated heterocycles. The van der Waals surface area contributed by atoms with E-state index in [9.17, 15) is 9.90 Å². The van der Waals surface area contributed by atoms with Crippen LogP contribution in [0.25, 0.3) is 0 Å². The number of rotatable bonds is 3. The Morgan fingerprint density at radius 3 is 3.12 bits per heavy atom. The number of nitrogens with one attached hydrogen (secondary N) is 1. The summed E-state index contributed by atoms with van der Waals surface area (Å²) < 4.78 is 11.7. The zero-order valence-corrected chi connectivity index (χ0v) is 14.9. The number of amides is 1. The highest BCUT2D eigenvalue weighted by molar-refractivity contribution is 5.98. The van der Waals surface area contributed by atoms with E-state index in [1.807, 2.05) is 19.9 Å². The number of aromatic hydroxyl groups is 1. The summed E-state index contributed by atoms with van der Waals surface area (Å²) in [7, 11) is 0. The van der Waals surface area contributed by atoms with Gasteiger partial charge in [0.1, 0.15) is 5.60 Å². The number of phenols is 1. The van der Waals surface area contributed by atoms with Crippen LogP contribution in [0.1, 0.15) is 42.6 Å². The van der Waals surface area contributed by atoms with E-state index in [0.29, 0.717) is 18.3 Å². The lowest BCUT2D eigenvalue weighted by Crippen LogP contribution is -2.50. The van der Waals surface area contributed by atoms with Gasteiger partial charge in [-0.1, -0.05) is 6.07 Å². The second-order valence-corrected chi connectivity index (χ2v) is 7.94. The maximum absolute atomic E-state index is 12.5. The molecule has 4 rings (SSSR count). The number of carbonyl (C=O) groups is 1. The van der Waals surface area contributed by atoms with Gasteiger partial charge < -0.3 is 19.9 Å². The van der Waals surface area contributed by atoms with Gasteiger partial charge in [0.15, 0.2) is 11.5 Å². The van der Waals surface area contributed by atoms with Gasteiger partial charge in [-0.3, -0.25) is 9.69 Å². The van der Waals surface area contributed by atoms with Gasteiger partial charge in [-0.2, -0.15) is 0 Å². The Morgan fingerprint density at radius 1 is 1.44 bits per heavy atom. The van der Waals surface area contributed by atoms with Gasteiger partial charge >= 0.3 is 0 Å². The Morgan fingerprint density at radius 2 is 2.28 bits per heavy atom. The van der Waals surface area contributed by atoms with E-state index < -0.39 is 0 Å². The van der Waals surface area contributed by atoms with Crippen LogP contribution in [0, 0.1) is 0 Å². The summed E-state index contributed by atoms with van der Waals surface area (Å²) in [5.74, 6) is 0.0805.